The Morgan fingerprint density at radius 3 is 2.86 bits per heavy atom. The van der Waals surface area contributed by atoms with E-state index in [2.05, 4.69) is 52.5 Å². The van der Waals surface area contributed by atoms with Crippen LogP contribution in [0.3, 0.4) is 0 Å². The van der Waals surface area contributed by atoms with Crippen LogP contribution in [0.15, 0.2) is 28.9 Å². The van der Waals surface area contributed by atoms with E-state index >= 15 is 0 Å². The number of benzene rings is 1. The van der Waals surface area contributed by atoms with Crippen LogP contribution in [-0.4, -0.2) is 23.4 Å². The van der Waals surface area contributed by atoms with Gasteiger partial charge >= 0.3 is 0 Å². The first-order valence-corrected chi connectivity index (χ1v) is 7.99. The van der Waals surface area contributed by atoms with Crippen LogP contribution in [0.2, 0.25) is 0 Å². The van der Waals surface area contributed by atoms with Crippen molar-refractivity contribution in [1.29, 1.82) is 0 Å². The number of hydrogen-bond acceptors (Lipinski definition) is 3. The highest BCUT2D eigenvalue weighted by atomic mass is 79.9. The van der Waals surface area contributed by atoms with Crippen LogP contribution in [0.25, 0.3) is 0 Å². The first kappa shape index (κ1) is 16.0. The maximum atomic E-state index is 5.41. The van der Waals surface area contributed by atoms with Gasteiger partial charge in [0.25, 0.3) is 0 Å². The predicted octanol–water partition coefficient (Wildman–Crippen LogP) is 3.51. The number of nitrogens with one attached hydrogen (secondary N) is 1. The number of nitrogens with zero attached hydrogens (tertiary/aromatic N) is 2. The Morgan fingerprint density at radius 2 is 2.14 bits per heavy atom. The summed E-state index contributed by atoms with van der Waals surface area (Å²) < 4.78 is 8.44. The summed E-state index contributed by atoms with van der Waals surface area (Å²) in [6.45, 7) is 6.83. The Balaban J connectivity index is 2.13. The van der Waals surface area contributed by atoms with E-state index in [9.17, 15) is 0 Å². The van der Waals surface area contributed by atoms with Crippen molar-refractivity contribution >= 4 is 15.9 Å². The van der Waals surface area contributed by atoms with Gasteiger partial charge in [0.1, 0.15) is 5.75 Å². The fourth-order valence-corrected chi connectivity index (χ4v) is 2.67. The molecule has 5 heteroatoms. The van der Waals surface area contributed by atoms with E-state index < -0.39 is 0 Å². The maximum Gasteiger partial charge on any atom is 0.124 e. The summed E-state index contributed by atoms with van der Waals surface area (Å²) in [4.78, 5) is 0. The molecule has 0 aliphatic rings. The van der Waals surface area contributed by atoms with Crippen LogP contribution in [0.5, 0.6) is 5.75 Å². The van der Waals surface area contributed by atoms with E-state index in [0.717, 1.165) is 41.0 Å². The van der Waals surface area contributed by atoms with Gasteiger partial charge in [-0.25, -0.2) is 0 Å². The van der Waals surface area contributed by atoms with E-state index in [-0.39, 0.29) is 0 Å². The SMILES string of the molecule is CCCNCc1cn(Cc2cc(Br)ccc2OC)nc1C. The smallest absolute Gasteiger partial charge is 0.124 e. The monoisotopic (exact) mass is 351 g/mol. The van der Waals surface area contributed by atoms with Gasteiger partial charge in [0.2, 0.25) is 0 Å². The molecule has 21 heavy (non-hydrogen) atoms. The maximum absolute atomic E-state index is 5.41. The number of rotatable bonds is 7. The molecular weight excluding hydrogens is 330 g/mol. The Labute approximate surface area is 134 Å². The molecule has 0 unspecified atom stereocenters. The molecular formula is C16H22BrN3O. The lowest BCUT2D eigenvalue weighted by molar-refractivity contribution is 0.407. The number of hydrogen-bond donors (Lipinski definition) is 1. The van der Waals surface area contributed by atoms with Crippen molar-refractivity contribution in [3.63, 3.8) is 0 Å². The lowest BCUT2D eigenvalue weighted by atomic mass is 10.2. The normalized spacial score (nSPS) is 10.9. The third-order valence-electron chi connectivity index (χ3n) is 3.37. The van der Waals surface area contributed by atoms with Crippen LogP contribution in [0.1, 0.15) is 30.2 Å². The molecule has 1 N–H and O–H groups in total. The number of aromatic nitrogens is 2. The second-order valence-corrected chi connectivity index (χ2v) is 5.99. The lowest BCUT2D eigenvalue weighted by Crippen LogP contribution is -2.13. The van der Waals surface area contributed by atoms with E-state index in [1.807, 2.05) is 16.8 Å². The van der Waals surface area contributed by atoms with Crippen molar-refractivity contribution in [2.24, 2.45) is 0 Å². The summed E-state index contributed by atoms with van der Waals surface area (Å²) in [5, 5.41) is 8.01. The fraction of sp³-hybridized carbons (Fsp3) is 0.438. The van der Waals surface area contributed by atoms with Crippen molar-refractivity contribution in [1.82, 2.24) is 15.1 Å². The summed E-state index contributed by atoms with van der Waals surface area (Å²) in [6, 6.07) is 6.03. The van der Waals surface area contributed by atoms with Crippen LogP contribution in [0.4, 0.5) is 0 Å². The second-order valence-electron chi connectivity index (χ2n) is 5.07. The van der Waals surface area contributed by atoms with Gasteiger partial charge in [-0.2, -0.15) is 5.10 Å². The molecule has 114 valence electrons. The lowest BCUT2D eigenvalue weighted by Gasteiger charge is -2.09. The highest BCUT2D eigenvalue weighted by molar-refractivity contribution is 9.10. The first-order chi connectivity index (χ1) is 10.1. The average Bonchev–Trinajstić information content (AvgIpc) is 2.79. The summed E-state index contributed by atoms with van der Waals surface area (Å²) >= 11 is 3.51. The van der Waals surface area contributed by atoms with Crippen molar-refractivity contribution in [3.8, 4) is 5.75 Å². The number of halogens is 1. The van der Waals surface area contributed by atoms with Gasteiger partial charge in [-0.15, -0.1) is 0 Å². The third-order valence-corrected chi connectivity index (χ3v) is 3.86. The minimum Gasteiger partial charge on any atom is -0.496 e. The Kier molecular flexibility index (Phi) is 5.82. The Bertz CT molecular complexity index is 595. The summed E-state index contributed by atoms with van der Waals surface area (Å²) in [5.74, 6) is 0.886. The predicted molar refractivity (Wildman–Crippen MR) is 88.8 cm³/mol. The van der Waals surface area contributed by atoms with Crippen LogP contribution in [-0.2, 0) is 13.1 Å². The third kappa shape index (κ3) is 4.32. The average molecular weight is 352 g/mol. The molecule has 1 aromatic heterocycles. The van der Waals surface area contributed by atoms with Gasteiger partial charge in [0.05, 0.1) is 19.3 Å². The molecule has 0 aliphatic carbocycles. The molecule has 0 atom stereocenters. The molecule has 0 saturated heterocycles. The minimum absolute atomic E-state index is 0.706. The molecule has 1 aromatic carbocycles. The van der Waals surface area contributed by atoms with Crippen LogP contribution in [0, 0.1) is 6.92 Å². The summed E-state index contributed by atoms with van der Waals surface area (Å²) in [5.41, 5.74) is 3.44. The van der Waals surface area contributed by atoms with E-state index in [0.29, 0.717) is 6.54 Å². The Morgan fingerprint density at radius 1 is 1.33 bits per heavy atom. The molecule has 0 spiro atoms. The zero-order valence-corrected chi connectivity index (χ0v) is 14.4. The largest absolute Gasteiger partial charge is 0.496 e. The van der Waals surface area contributed by atoms with Crippen molar-refractivity contribution < 1.29 is 4.74 Å². The molecule has 4 nitrogen and oxygen atoms in total. The topological polar surface area (TPSA) is 39.1 Å². The highest BCUT2D eigenvalue weighted by Crippen LogP contribution is 2.24. The van der Waals surface area contributed by atoms with E-state index in [1.54, 1.807) is 7.11 Å². The quantitative estimate of drug-likeness (QED) is 0.775. The van der Waals surface area contributed by atoms with Gasteiger partial charge in [-0.05, 0) is 38.1 Å². The van der Waals surface area contributed by atoms with E-state index in [1.165, 1.54) is 5.56 Å². The molecule has 1 heterocycles. The molecule has 0 saturated carbocycles. The highest BCUT2D eigenvalue weighted by Gasteiger charge is 2.08. The summed E-state index contributed by atoms with van der Waals surface area (Å²) in [6.07, 6.45) is 3.25. The molecule has 2 aromatic rings. The van der Waals surface area contributed by atoms with Gasteiger partial charge in [-0.3, -0.25) is 4.68 Å². The number of ether oxygens (including phenoxy) is 1. The van der Waals surface area contributed by atoms with E-state index in [4.69, 9.17) is 4.74 Å². The molecule has 0 bridgehead atoms. The molecule has 0 fully saturated rings. The number of methoxy groups -OCH3 is 1. The first-order valence-electron chi connectivity index (χ1n) is 7.20. The number of aryl methyl sites for hydroxylation is 1. The fourth-order valence-electron chi connectivity index (χ4n) is 2.26. The van der Waals surface area contributed by atoms with Gasteiger partial charge < -0.3 is 10.1 Å². The zero-order chi connectivity index (χ0) is 15.2. The van der Waals surface area contributed by atoms with Crippen LogP contribution >= 0.6 is 15.9 Å². The van der Waals surface area contributed by atoms with Gasteiger partial charge in [-0.1, -0.05) is 22.9 Å². The molecule has 0 radical (unpaired) electrons. The molecule has 0 aliphatic heterocycles. The van der Waals surface area contributed by atoms with Crippen molar-refractivity contribution in [3.05, 3.63) is 45.7 Å². The summed E-state index contributed by atoms with van der Waals surface area (Å²) in [7, 11) is 1.70. The second kappa shape index (κ2) is 7.61. The van der Waals surface area contributed by atoms with Crippen molar-refractivity contribution in [2.75, 3.05) is 13.7 Å². The Hall–Kier alpha value is -1.33. The van der Waals surface area contributed by atoms with Gasteiger partial charge in [0, 0.05) is 28.3 Å². The zero-order valence-electron chi connectivity index (χ0n) is 12.8. The van der Waals surface area contributed by atoms with Crippen LogP contribution < -0.4 is 10.1 Å². The minimum atomic E-state index is 0.706. The van der Waals surface area contributed by atoms with Gasteiger partial charge in [0.15, 0.2) is 0 Å². The molecule has 0 amide bonds. The standard InChI is InChI=1S/C16H22BrN3O/c1-4-7-18-9-14-11-20(19-12(14)2)10-13-8-15(17)5-6-16(13)21-3/h5-6,8,11,18H,4,7,9-10H2,1-3H3. The molecule has 2 rings (SSSR count). The van der Waals surface area contributed by atoms with Crippen molar-refractivity contribution in [2.45, 2.75) is 33.4 Å².